The largest absolute Gasteiger partial charge is 0.480 e. The predicted molar refractivity (Wildman–Crippen MR) is 104 cm³/mol. The molecule has 0 aromatic carbocycles. The van der Waals surface area contributed by atoms with Crippen molar-refractivity contribution in [3.05, 3.63) is 0 Å². The average molecular weight is 423 g/mol. The zero-order valence-corrected chi connectivity index (χ0v) is 16.8. The number of amides is 2. The Balaban J connectivity index is 4.02. The van der Waals surface area contributed by atoms with Crippen molar-refractivity contribution in [3.8, 4) is 0 Å². The second kappa shape index (κ2) is 15.8. The molecule has 0 spiro atoms. The summed E-state index contributed by atoms with van der Waals surface area (Å²) in [6.45, 7) is 2.34. The molecule has 0 fully saturated rings. The van der Waals surface area contributed by atoms with E-state index >= 15 is 0 Å². The highest BCUT2D eigenvalue weighted by molar-refractivity contribution is 7.78. The number of carboxylic acid groups (broad SMARTS) is 1. The summed E-state index contributed by atoms with van der Waals surface area (Å²) in [5, 5.41) is 14.1. The van der Waals surface area contributed by atoms with Gasteiger partial charge in [0.1, 0.15) is 6.04 Å². The van der Waals surface area contributed by atoms with E-state index in [-0.39, 0.29) is 44.4 Å². The van der Waals surface area contributed by atoms with E-state index in [0.29, 0.717) is 19.4 Å². The molecule has 0 aliphatic carbocycles. The summed E-state index contributed by atoms with van der Waals surface area (Å²) in [6.07, 6.45) is 2.21. The van der Waals surface area contributed by atoms with Gasteiger partial charge in [-0.15, -0.1) is 0 Å². The summed E-state index contributed by atoms with van der Waals surface area (Å²) in [4.78, 5) is 38.2. The summed E-state index contributed by atoms with van der Waals surface area (Å²) in [6, 6.07) is -1.27. The monoisotopic (exact) mass is 422 g/mol. The third-order valence-electron chi connectivity index (χ3n) is 3.26. The van der Waals surface area contributed by atoms with Gasteiger partial charge in [0.25, 0.3) is 0 Å². The maximum absolute atomic E-state index is 11.7. The van der Waals surface area contributed by atoms with Crippen molar-refractivity contribution in [2.45, 2.75) is 45.1 Å². The second-order valence-corrected chi connectivity index (χ2v) is 6.67. The van der Waals surface area contributed by atoms with Crippen LogP contribution in [0.4, 0.5) is 0 Å². The number of nitrogens with one attached hydrogen (secondary N) is 3. The fraction of sp³-hybridized carbons (Fsp3) is 0.733. The lowest BCUT2D eigenvalue weighted by Gasteiger charge is -2.14. The Labute approximate surface area is 166 Å². The first-order chi connectivity index (χ1) is 13.3. The van der Waals surface area contributed by atoms with Crippen LogP contribution in [0, 0.1) is 0 Å². The van der Waals surface area contributed by atoms with Crippen molar-refractivity contribution in [1.82, 2.24) is 15.4 Å². The maximum Gasteiger partial charge on any atom is 0.323 e. The van der Waals surface area contributed by atoms with Crippen LogP contribution in [0.15, 0.2) is 4.99 Å². The van der Waals surface area contributed by atoms with Crippen LogP contribution in [-0.4, -0.2) is 65.3 Å². The van der Waals surface area contributed by atoms with E-state index in [1.165, 1.54) is 0 Å². The molecule has 12 nitrogen and oxygen atoms in total. The van der Waals surface area contributed by atoms with E-state index < -0.39 is 29.2 Å². The van der Waals surface area contributed by atoms with Crippen LogP contribution in [0.3, 0.4) is 0 Å². The van der Waals surface area contributed by atoms with Crippen LogP contribution in [-0.2, 0) is 29.8 Å². The first kappa shape index (κ1) is 25.8. The molecule has 0 aromatic heterocycles. The van der Waals surface area contributed by atoms with E-state index in [2.05, 4.69) is 20.3 Å². The van der Waals surface area contributed by atoms with Crippen LogP contribution in [0.1, 0.15) is 39.0 Å². The molecular formula is C15H30N6O6S. The summed E-state index contributed by atoms with van der Waals surface area (Å²) in [5.41, 5.74) is 10.3. The number of nitrogens with two attached hydrogens (primary N) is 2. The summed E-state index contributed by atoms with van der Waals surface area (Å²) >= 11 is -1.97. The van der Waals surface area contributed by atoms with Gasteiger partial charge in [0.2, 0.25) is 23.1 Å². The quantitative estimate of drug-likeness (QED) is 0.0941. The number of guanidine groups is 1. The van der Waals surface area contributed by atoms with Crippen molar-refractivity contribution in [2.75, 3.05) is 26.2 Å². The second-order valence-electron chi connectivity index (χ2n) is 5.73. The molecule has 28 heavy (non-hydrogen) atoms. The minimum atomic E-state index is -1.97. The standard InChI is InChI=1S/C15H30N6O6S/c1-2-3-9-27-28(26)21-11(14(24)25)10-20-13(23)6-8-18-12(22)5-4-7-19-15(16)17/h11,21H,2-10H2,1H3,(H,18,22)(H,20,23)(H,24,25)(H4,16,17,19). The molecule has 2 unspecified atom stereocenters. The van der Waals surface area contributed by atoms with Crippen molar-refractivity contribution >= 4 is 35.0 Å². The van der Waals surface area contributed by atoms with Gasteiger partial charge in [-0.3, -0.25) is 23.6 Å². The number of hydrogen-bond acceptors (Lipinski definition) is 6. The number of nitrogens with zero attached hydrogens (tertiary/aromatic N) is 1. The first-order valence-corrected chi connectivity index (χ1v) is 9.96. The van der Waals surface area contributed by atoms with Gasteiger partial charge >= 0.3 is 5.97 Å². The Bertz CT molecular complexity index is 555. The van der Waals surface area contributed by atoms with Gasteiger partial charge in [-0.2, -0.15) is 4.72 Å². The van der Waals surface area contributed by atoms with Gasteiger partial charge in [-0.1, -0.05) is 13.3 Å². The topological polar surface area (TPSA) is 198 Å². The van der Waals surface area contributed by atoms with Crippen LogP contribution < -0.4 is 26.8 Å². The average Bonchev–Trinajstić information content (AvgIpc) is 2.62. The normalized spacial score (nSPS) is 12.6. The minimum Gasteiger partial charge on any atom is -0.480 e. The van der Waals surface area contributed by atoms with Gasteiger partial charge in [0.05, 0.1) is 6.61 Å². The van der Waals surface area contributed by atoms with Crippen molar-refractivity contribution in [1.29, 1.82) is 0 Å². The molecule has 8 N–H and O–H groups in total. The number of carboxylic acids is 1. The Hall–Kier alpha value is -2.25. The van der Waals surface area contributed by atoms with Gasteiger partial charge in [-0.05, 0) is 12.8 Å². The molecular weight excluding hydrogens is 392 g/mol. The van der Waals surface area contributed by atoms with E-state index in [1.54, 1.807) is 0 Å². The number of rotatable bonds is 16. The summed E-state index contributed by atoms with van der Waals surface area (Å²) < 4.78 is 18.8. The lowest BCUT2D eigenvalue weighted by Crippen LogP contribution is -2.47. The highest BCUT2D eigenvalue weighted by Gasteiger charge is 2.21. The smallest absolute Gasteiger partial charge is 0.323 e. The molecule has 2 amide bonds. The van der Waals surface area contributed by atoms with E-state index in [4.69, 9.17) is 20.8 Å². The molecule has 2 atom stereocenters. The number of aliphatic imine (C=N–C) groups is 1. The van der Waals surface area contributed by atoms with E-state index in [1.807, 2.05) is 6.92 Å². The Morgan fingerprint density at radius 1 is 1.14 bits per heavy atom. The minimum absolute atomic E-state index is 0.0257. The molecule has 162 valence electrons. The molecule has 0 saturated heterocycles. The Morgan fingerprint density at radius 2 is 1.82 bits per heavy atom. The van der Waals surface area contributed by atoms with E-state index in [9.17, 15) is 18.6 Å². The molecule has 0 heterocycles. The van der Waals surface area contributed by atoms with Gasteiger partial charge in [0.15, 0.2) is 5.96 Å². The van der Waals surface area contributed by atoms with Crippen LogP contribution in [0.25, 0.3) is 0 Å². The fourth-order valence-electron chi connectivity index (χ4n) is 1.76. The predicted octanol–water partition coefficient (Wildman–Crippen LogP) is -1.90. The molecule has 0 aromatic rings. The van der Waals surface area contributed by atoms with Crippen LogP contribution >= 0.6 is 0 Å². The first-order valence-electron chi connectivity index (χ1n) is 8.89. The molecule has 0 radical (unpaired) electrons. The fourth-order valence-corrected chi connectivity index (χ4v) is 2.52. The third-order valence-corrected chi connectivity index (χ3v) is 4.12. The molecule has 0 aliphatic heterocycles. The zero-order chi connectivity index (χ0) is 21.4. The zero-order valence-electron chi connectivity index (χ0n) is 15.9. The lowest BCUT2D eigenvalue weighted by atomic mass is 10.3. The number of carbonyl (C=O) groups excluding carboxylic acids is 2. The maximum atomic E-state index is 11.7. The van der Waals surface area contributed by atoms with Gasteiger partial charge in [0, 0.05) is 32.5 Å². The van der Waals surface area contributed by atoms with Crippen LogP contribution in [0.5, 0.6) is 0 Å². The van der Waals surface area contributed by atoms with Crippen molar-refractivity contribution in [3.63, 3.8) is 0 Å². The molecule has 0 saturated carbocycles. The SMILES string of the molecule is CCCCOS(=O)NC(CNC(=O)CCNC(=O)CCCN=C(N)N)C(=O)O. The van der Waals surface area contributed by atoms with E-state index in [0.717, 1.165) is 6.42 Å². The number of aliphatic carboxylic acids is 1. The number of hydrogen-bond donors (Lipinski definition) is 6. The molecule has 13 heteroatoms. The van der Waals surface area contributed by atoms with Gasteiger partial charge < -0.3 is 27.2 Å². The molecule has 0 rings (SSSR count). The van der Waals surface area contributed by atoms with Crippen molar-refractivity contribution < 1.29 is 27.9 Å². The lowest BCUT2D eigenvalue weighted by molar-refractivity contribution is -0.139. The highest BCUT2D eigenvalue weighted by atomic mass is 32.2. The van der Waals surface area contributed by atoms with Crippen molar-refractivity contribution in [2.24, 2.45) is 16.5 Å². The summed E-state index contributed by atoms with van der Waals surface area (Å²) in [7, 11) is 0. The Morgan fingerprint density at radius 3 is 2.43 bits per heavy atom. The van der Waals surface area contributed by atoms with Crippen LogP contribution in [0.2, 0.25) is 0 Å². The highest BCUT2D eigenvalue weighted by Crippen LogP contribution is 1.93. The Kier molecular flexibility index (Phi) is 14.5. The third kappa shape index (κ3) is 14.9. The number of unbranched alkanes of at least 4 members (excludes halogenated alkanes) is 1. The molecule has 0 bridgehead atoms. The summed E-state index contributed by atoms with van der Waals surface area (Å²) in [5.74, 6) is -2.01. The molecule has 0 aliphatic rings. The van der Waals surface area contributed by atoms with Gasteiger partial charge in [-0.25, -0.2) is 4.21 Å². The number of carbonyl (C=O) groups is 3.